The van der Waals surface area contributed by atoms with Gasteiger partial charge in [0.05, 0.1) is 24.2 Å². The molecule has 1 saturated carbocycles. The van der Waals surface area contributed by atoms with Gasteiger partial charge in [-0.1, -0.05) is 19.3 Å². The minimum atomic E-state index is -1.09. The van der Waals surface area contributed by atoms with Gasteiger partial charge in [-0.2, -0.15) is 15.6 Å². The highest BCUT2D eigenvalue weighted by Gasteiger charge is 2.46. The van der Waals surface area contributed by atoms with Crippen LogP contribution in [0.4, 0.5) is 0 Å². The highest BCUT2D eigenvalue weighted by atomic mass is 16.7. The molecule has 1 unspecified atom stereocenters. The van der Waals surface area contributed by atoms with Gasteiger partial charge >= 0.3 is 5.97 Å². The number of carbonyl (C=O) groups excluding carboxylic acids is 1. The zero-order valence-corrected chi connectivity index (χ0v) is 15.5. The van der Waals surface area contributed by atoms with Crippen LogP contribution in [0.5, 0.6) is 0 Å². The third kappa shape index (κ3) is 5.19. The fourth-order valence-corrected chi connectivity index (χ4v) is 2.96. The van der Waals surface area contributed by atoms with Gasteiger partial charge in [0.1, 0.15) is 0 Å². The van der Waals surface area contributed by atoms with Crippen molar-refractivity contribution < 1.29 is 14.4 Å². The van der Waals surface area contributed by atoms with E-state index in [0.29, 0.717) is 0 Å². The van der Waals surface area contributed by atoms with E-state index in [0.717, 1.165) is 32.1 Å². The maximum Gasteiger partial charge on any atom is 0.327 e. The summed E-state index contributed by atoms with van der Waals surface area (Å²) in [5.41, 5.74) is -2.09. The molecular formula is C18H29N3O3. The average Bonchev–Trinajstić information content (AvgIpc) is 2.55. The Balaban J connectivity index is 3.25. The molecule has 1 aliphatic rings. The van der Waals surface area contributed by atoms with Crippen molar-refractivity contribution in [3.8, 4) is 12.1 Å². The van der Waals surface area contributed by atoms with E-state index in [-0.39, 0.29) is 12.6 Å². The Morgan fingerprint density at radius 3 is 2.21 bits per heavy atom. The first-order chi connectivity index (χ1) is 11.2. The van der Waals surface area contributed by atoms with Crippen LogP contribution in [0, 0.1) is 28.1 Å². The van der Waals surface area contributed by atoms with E-state index in [1.54, 1.807) is 39.7 Å². The average molecular weight is 335 g/mol. The van der Waals surface area contributed by atoms with E-state index in [4.69, 9.17) is 9.57 Å². The van der Waals surface area contributed by atoms with E-state index in [2.05, 4.69) is 12.1 Å². The fourth-order valence-electron chi connectivity index (χ4n) is 2.96. The molecule has 0 spiro atoms. The molecule has 0 aromatic carbocycles. The topological polar surface area (TPSA) is 86.3 Å². The SMILES string of the molecule is CCOC(=O)C(N(OC(C)(C)C#N)C1CCCCC1)C(C)(C)C#N. The molecule has 0 aromatic heterocycles. The third-order valence-corrected chi connectivity index (χ3v) is 4.27. The van der Waals surface area contributed by atoms with Crippen molar-refractivity contribution in [3.63, 3.8) is 0 Å². The van der Waals surface area contributed by atoms with E-state index < -0.39 is 23.0 Å². The Labute approximate surface area is 145 Å². The second kappa shape index (κ2) is 8.46. The van der Waals surface area contributed by atoms with Crippen molar-refractivity contribution in [2.24, 2.45) is 5.41 Å². The molecule has 6 heteroatoms. The highest BCUT2D eigenvalue weighted by molar-refractivity contribution is 5.77. The van der Waals surface area contributed by atoms with Crippen molar-refractivity contribution in [2.75, 3.05) is 6.61 Å². The molecule has 0 radical (unpaired) electrons. The predicted molar refractivity (Wildman–Crippen MR) is 89.3 cm³/mol. The lowest BCUT2D eigenvalue weighted by Crippen LogP contribution is -2.57. The normalized spacial score (nSPS) is 17.8. The fraction of sp³-hybridized carbons (Fsp3) is 0.833. The number of hydrogen-bond donors (Lipinski definition) is 0. The number of rotatable bonds is 7. The van der Waals surface area contributed by atoms with E-state index >= 15 is 0 Å². The standard InChI is InChI=1S/C18H29N3O3/c1-6-23-16(22)15(17(2,3)12-19)21(24-18(4,5)13-20)14-10-8-7-9-11-14/h14-15H,6-11H2,1-5H3. The van der Waals surface area contributed by atoms with E-state index in [1.165, 1.54) is 0 Å². The summed E-state index contributed by atoms with van der Waals surface area (Å²) in [6, 6.07) is 3.42. The molecule has 0 aromatic rings. The first-order valence-electron chi connectivity index (χ1n) is 8.65. The van der Waals surface area contributed by atoms with Crippen molar-refractivity contribution in [3.05, 3.63) is 0 Å². The van der Waals surface area contributed by atoms with Crippen molar-refractivity contribution >= 4 is 5.97 Å². The van der Waals surface area contributed by atoms with Gasteiger partial charge in [0, 0.05) is 6.04 Å². The minimum absolute atomic E-state index is 0.00611. The summed E-state index contributed by atoms with van der Waals surface area (Å²) in [5.74, 6) is -0.483. The van der Waals surface area contributed by atoms with Crippen LogP contribution in [0.2, 0.25) is 0 Å². The summed E-state index contributed by atoms with van der Waals surface area (Å²) < 4.78 is 5.22. The number of esters is 1. The molecule has 0 amide bonds. The zero-order valence-electron chi connectivity index (χ0n) is 15.5. The quantitative estimate of drug-likeness (QED) is 0.524. The third-order valence-electron chi connectivity index (χ3n) is 4.27. The largest absolute Gasteiger partial charge is 0.465 e. The first-order valence-corrected chi connectivity index (χ1v) is 8.65. The van der Waals surface area contributed by atoms with Gasteiger partial charge < -0.3 is 4.74 Å². The maximum atomic E-state index is 12.6. The van der Waals surface area contributed by atoms with Crippen LogP contribution in [0.15, 0.2) is 0 Å². The van der Waals surface area contributed by atoms with Crippen molar-refractivity contribution in [1.29, 1.82) is 10.5 Å². The number of ether oxygens (including phenoxy) is 1. The molecule has 0 heterocycles. The Hall–Kier alpha value is -1.63. The van der Waals surface area contributed by atoms with Crippen LogP contribution < -0.4 is 0 Å². The summed E-state index contributed by atoms with van der Waals surface area (Å²) in [4.78, 5) is 18.6. The summed E-state index contributed by atoms with van der Waals surface area (Å²) in [6.45, 7) is 8.69. The molecule has 0 saturated heterocycles. The lowest BCUT2D eigenvalue weighted by atomic mass is 9.83. The maximum absolute atomic E-state index is 12.6. The monoisotopic (exact) mass is 335 g/mol. The number of nitriles is 2. The molecule has 1 aliphatic carbocycles. The van der Waals surface area contributed by atoms with Crippen molar-refractivity contribution in [2.45, 2.75) is 84.4 Å². The molecular weight excluding hydrogens is 306 g/mol. The van der Waals surface area contributed by atoms with Crippen LogP contribution in [-0.2, 0) is 14.4 Å². The zero-order chi connectivity index (χ0) is 18.4. The first kappa shape index (κ1) is 20.4. The highest BCUT2D eigenvalue weighted by Crippen LogP contribution is 2.34. The number of carbonyl (C=O) groups is 1. The predicted octanol–water partition coefficient (Wildman–Crippen LogP) is 3.34. The van der Waals surface area contributed by atoms with Crippen LogP contribution in [0.1, 0.15) is 66.7 Å². The van der Waals surface area contributed by atoms with Gasteiger partial charge in [-0.15, -0.1) is 0 Å². The number of hydrogen-bond acceptors (Lipinski definition) is 6. The molecule has 0 N–H and O–H groups in total. The van der Waals surface area contributed by atoms with Crippen LogP contribution in [0.3, 0.4) is 0 Å². The second-order valence-electron chi connectivity index (χ2n) is 7.35. The Morgan fingerprint density at radius 2 is 1.75 bits per heavy atom. The molecule has 6 nitrogen and oxygen atoms in total. The number of hydroxylamine groups is 2. The molecule has 1 atom stereocenters. The van der Waals surface area contributed by atoms with Gasteiger partial charge in [-0.05, 0) is 47.5 Å². The summed E-state index contributed by atoms with van der Waals surface area (Å²) in [5, 5.41) is 20.5. The summed E-state index contributed by atoms with van der Waals surface area (Å²) >= 11 is 0. The van der Waals surface area contributed by atoms with E-state index in [9.17, 15) is 15.3 Å². The second-order valence-corrected chi connectivity index (χ2v) is 7.35. The molecule has 1 rings (SSSR count). The Bertz CT molecular complexity index is 511. The molecule has 0 bridgehead atoms. The van der Waals surface area contributed by atoms with Crippen LogP contribution in [0.25, 0.3) is 0 Å². The molecule has 134 valence electrons. The van der Waals surface area contributed by atoms with Gasteiger partial charge in [-0.25, -0.2) is 0 Å². The lowest BCUT2D eigenvalue weighted by molar-refractivity contribution is -0.274. The van der Waals surface area contributed by atoms with Gasteiger partial charge in [0.15, 0.2) is 11.6 Å². The van der Waals surface area contributed by atoms with Crippen LogP contribution in [-0.4, -0.2) is 35.3 Å². The van der Waals surface area contributed by atoms with E-state index in [1.807, 2.05) is 0 Å². The summed E-state index contributed by atoms with van der Waals surface area (Å²) in [6.07, 6.45) is 4.98. The minimum Gasteiger partial charge on any atom is -0.465 e. The smallest absolute Gasteiger partial charge is 0.327 e. The lowest BCUT2D eigenvalue weighted by Gasteiger charge is -2.43. The van der Waals surface area contributed by atoms with Crippen molar-refractivity contribution in [1.82, 2.24) is 5.06 Å². The number of nitrogens with zero attached hydrogens (tertiary/aromatic N) is 3. The van der Waals surface area contributed by atoms with Gasteiger partial charge in [0.2, 0.25) is 0 Å². The Morgan fingerprint density at radius 1 is 1.17 bits per heavy atom. The Kier molecular flexibility index (Phi) is 7.20. The molecule has 24 heavy (non-hydrogen) atoms. The van der Waals surface area contributed by atoms with Crippen LogP contribution >= 0.6 is 0 Å². The molecule has 1 fully saturated rings. The summed E-state index contributed by atoms with van der Waals surface area (Å²) in [7, 11) is 0. The molecule has 0 aliphatic heterocycles. The van der Waals surface area contributed by atoms with Gasteiger partial charge in [-0.3, -0.25) is 9.63 Å². The van der Waals surface area contributed by atoms with Gasteiger partial charge in [0.25, 0.3) is 0 Å².